The van der Waals surface area contributed by atoms with Gasteiger partial charge in [-0.3, -0.25) is 9.78 Å². The van der Waals surface area contributed by atoms with Gasteiger partial charge >= 0.3 is 0 Å². The van der Waals surface area contributed by atoms with E-state index in [1.807, 2.05) is 6.92 Å². The van der Waals surface area contributed by atoms with Crippen molar-refractivity contribution in [2.24, 2.45) is 0 Å². The van der Waals surface area contributed by atoms with Crippen LogP contribution in [-0.4, -0.2) is 17.4 Å². The monoisotopic (exact) mass is 354 g/mol. The molecule has 1 aromatic rings. The van der Waals surface area contributed by atoms with Gasteiger partial charge in [-0.1, -0.05) is 0 Å². The lowest BCUT2D eigenvalue weighted by Crippen LogP contribution is -2.27. The van der Waals surface area contributed by atoms with Gasteiger partial charge in [0.25, 0.3) is 0 Å². The van der Waals surface area contributed by atoms with Crippen LogP contribution in [0.15, 0.2) is 21.2 Å². The predicted octanol–water partition coefficient (Wildman–Crippen LogP) is 3.02. The normalized spacial score (nSPS) is 12.3. The zero-order chi connectivity index (χ0) is 11.4. The summed E-state index contributed by atoms with van der Waals surface area (Å²) >= 11 is 12.6. The fourth-order valence-corrected chi connectivity index (χ4v) is 2.60. The molecule has 1 aromatic heterocycles. The first-order chi connectivity index (χ1) is 7.06. The molecular weight excluding hydrogens is 347 g/mol. The van der Waals surface area contributed by atoms with Crippen molar-refractivity contribution < 1.29 is 4.79 Å². The van der Waals surface area contributed by atoms with Crippen LogP contribution >= 0.6 is 43.5 Å². The van der Waals surface area contributed by atoms with E-state index in [9.17, 15) is 4.79 Å². The zero-order valence-corrected chi connectivity index (χ0v) is 11.9. The number of amides is 1. The third kappa shape index (κ3) is 3.43. The van der Waals surface area contributed by atoms with Crippen LogP contribution in [0.1, 0.15) is 18.0 Å². The Morgan fingerprint density at radius 1 is 1.67 bits per heavy atom. The van der Waals surface area contributed by atoms with Crippen LogP contribution in [0.25, 0.3) is 0 Å². The first-order valence-electron chi connectivity index (χ1n) is 4.29. The van der Waals surface area contributed by atoms with E-state index in [0.717, 1.165) is 4.47 Å². The lowest BCUT2D eigenvalue weighted by atomic mass is 10.2. The molecule has 0 aromatic carbocycles. The third-order valence-corrected chi connectivity index (χ3v) is 3.13. The number of hydrogen-bond donors (Lipinski definition) is 1. The van der Waals surface area contributed by atoms with Crippen molar-refractivity contribution in [3.8, 4) is 0 Å². The van der Waals surface area contributed by atoms with Gasteiger partial charge in [0, 0.05) is 21.7 Å². The van der Waals surface area contributed by atoms with Gasteiger partial charge in [-0.25, -0.2) is 0 Å². The van der Waals surface area contributed by atoms with Crippen molar-refractivity contribution in [3.05, 3.63) is 26.9 Å². The summed E-state index contributed by atoms with van der Waals surface area (Å²) in [6.45, 7) is 2.39. The molecule has 1 rings (SSSR count). The first kappa shape index (κ1) is 12.9. The van der Waals surface area contributed by atoms with Gasteiger partial charge in [-0.2, -0.15) is 0 Å². The van der Waals surface area contributed by atoms with E-state index in [2.05, 4.69) is 42.2 Å². The van der Waals surface area contributed by atoms with Crippen molar-refractivity contribution in [1.82, 2.24) is 10.3 Å². The van der Waals surface area contributed by atoms with Crippen molar-refractivity contribution in [2.45, 2.75) is 12.3 Å². The minimum absolute atomic E-state index is 0.241. The molecule has 0 saturated carbocycles. The first-order valence-corrected chi connectivity index (χ1v) is 6.31. The van der Waals surface area contributed by atoms with Gasteiger partial charge in [0.1, 0.15) is 0 Å². The van der Waals surface area contributed by atoms with Crippen LogP contribution < -0.4 is 5.32 Å². The van der Waals surface area contributed by atoms with Gasteiger partial charge < -0.3 is 5.32 Å². The molecule has 1 heterocycles. The third-order valence-electron chi connectivity index (χ3n) is 1.66. The van der Waals surface area contributed by atoms with Gasteiger partial charge in [-0.15, -0.1) is 11.6 Å². The van der Waals surface area contributed by atoms with Gasteiger partial charge in [0.05, 0.1) is 5.69 Å². The molecule has 6 heteroatoms. The Morgan fingerprint density at radius 3 is 2.87 bits per heavy atom. The predicted molar refractivity (Wildman–Crippen MR) is 66.9 cm³/mol. The molecule has 0 fully saturated rings. The van der Waals surface area contributed by atoms with Gasteiger partial charge in [0.2, 0.25) is 5.91 Å². The number of nitrogens with zero attached hydrogens (tertiary/aromatic N) is 1. The van der Waals surface area contributed by atoms with E-state index in [0.29, 0.717) is 16.7 Å². The zero-order valence-electron chi connectivity index (χ0n) is 7.93. The van der Waals surface area contributed by atoms with E-state index in [1.165, 1.54) is 0 Å². The molecule has 0 saturated heterocycles. The number of hydrogen-bond acceptors (Lipinski definition) is 2. The Bertz CT molecular complexity index is 373. The van der Waals surface area contributed by atoms with Crippen LogP contribution in [0.3, 0.4) is 0 Å². The number of alkyl halides is 1. The van der Waals surface area contributed by atoms with E-state index < -0.39 is 5.38 Å². The standard InChI is InChI=1S/C9H9Br2ClN2O/c1-2-13-9(15)7(12)8-6(11)3-5(10)4-14-8/h3-4,7H,2H2,1H3,(H,13,15). The van der Waals surface area contributed by atoms with Crippen LogP contribution in [0, 0.1) is 0 Å². The summed E-state index contributed by atoms with van der Waals surface area (Å²) in [5, 5.41) is 1.87. The summed E-state index contributed by atoms with van der Waals surface area (Å²) in [6.07, 6.45) is 1.61. The topological polar surface area (TPSA) is 42.0 Å². The van der Waals surface area contributed by atoms with Crippen LogP contribution in [0.4, 0.5) is 0 Å². The van der Waals surface area contributed by atoms with Gasteiger partial charge in [-0.05, 0) is 44.8 Å². The number of likely N-dealkylation sites (N-methyl/N-ethyl adjacent to an activating group) is 1. The Kier molecular flexibility index (Phi) is 5.02. The quantitative estimate of drug-likeness (QED) is 0.846. The Labute approximate surface area is 110 Å². The summed E-state index contributed by atoms with van der Waals surface area (Å²) in [5.41, 5.74) is 0.519. The average molecular weight is 356 g/mol. The molecule has 0 spiro atoms. The maximum atomic E-state index is 11.5. The number of carbonyl (C=O) groups is 1. The number of rotatable bonds is 3. The Morgan fingerprint density at radius 2 is 2.33 bits per heavy atom. The fraction of sp³-hybridized carbons (Fsp3) is 0.333. The summed E-state index contributed by atoms with van der Waals surface area (Å²) in [5.74, 6) is -0.241. The van der Waals surface area contributed by atoms with Crippen molar-refractivity contribution in [3.63, 3.8) is 0 Å². The maximum absolute atomic E-state index is 11.5. The highest BCUT2D eigenvalue weighted by molar-refractivity contribution is 9.11. The second-order valence-corrected chi connectivity index (χ2v) is 4.98. The number of halogens is 3. The maximum Gasteiger partial charge on any atom is 0.244 e. The van der Waals surface area contributed by atoms with Crippen molar-refractivity contribution in [1.29, 1.82) is 0 Å². The summed E-state index contributed by atoms with van der Waals surface area (Å²) < 4.78 is 1.54. The van der Waals surface area contributed by atoms with Crippen LogP contribution in [0.5, 0.6) is 0 Å². The minimum atomic E-state index is -0.771. The molecule has 1 amide bonds. The molecule has 82 valence electrons. The molecule has 0 bridgehead atoms. The summed E-state index contributed by atoms with van der Waals surface area (Å²) in [7, 11) is 0. The lowest BCUT2D eigenvalue weighted by molar-refractivity contribution is -0.120. The SMILES string of the molecule is CCNC(=O)C(Cl)c1ncc(Br)cc1Br. The molecule has 1 N–H and O–H groups in total. The minimum Gasteiger partial charge on any atom is -0.355 e. The van der Waals surface area contributed by atoms with Crippen LogP contribution in [-0.2, 0) is 4.79 Å². The number of nitrogens with one attached hydrogen (secondary N) is 1. The smallest absolute Gasteiger partial charge is 0.244 e. The Balaban J connectivity index is 2.91. The molecule has 15 heavy (non-hydrogen) atoms. The second-order valence-electron chi connectivity index (χ2n) is 2.78. The second kappa shape index (κ2) is 5.82. The fourth-order valence-electron chi connectivity index (χ4n) is 1.000. The molecule has 1 atom stereocenters. The molecule has 0 aliphatic heterocycles. The molecule has 0 radical (unpaired) electrons. The van der Waals surface area contributed by atoms with E-state index in [1.54, 1.807) is 12.3 Å². The highest BCUT2D eigenvalue weighted by Crippen LogP contribution is 2.28. The lowest BCUT2D eigenvalue weighted by Gasteiger charge is -2.10. The highest BCUT2D eigenvalue weighted by Gasteiger charge is 2.20. The van der Waals surface area contributed by atoms with Crippen LogP contribution in [0.2, 0.25) is 0 Å². The van der Waals surface area contributed by atoms with Crippen molar-refractivity contribution >= 4 is 49.4 Å². The number of pyridine rings is 1. The van der Waals surface area contributed by atoms with E-state index in [-0.39, 0.29) is 5.91 Å². The van der Waals surface area contributed by atoms with E-state index >= 15 is 0 Å². The summed E-state index contributed by atoms with van der Waals surface area (Å²) in [4.78, 5) is 15.6. The molecule has 0 aliphatic carbocycles. The highest BCUT2D eigenvalue weighted by atomic mass is 79.9. The number of aromatic nitrogens is 1. The average Bonchev–Trinajstić information content (AvgIpc) is 2.17. The number of carbonyl (C=O) groups excluding carboxylic acids is 1. The molecule has 0 aliphatic rings. The van der Waals surface area contributed by atoms with E-state index in [4.69, 9.17) is 11.6 Å². The Hall–Kier alpha value is -0.130. The summed E-state index contributed by atoms with van der Waals surface area (Å²) in [6, 6.07) is 1.80. The molecular formula is C9H9Br2ClN2O. The van der Waals surface area contributed by atoms with Crippen molar-refractivity contribution in [2.75, 3.05) is 6.54 Å². The molecule has 1 unspecified atom stereocenters. The largest absolute Gasteiger partial charge is 0.355 e. The van der Waals surface area contributed by atoms with Gasteiger partial charge in [0.15, 0.2) is 5.38 Å². The molecule has 3 nitrogen and oxygen atoms in total.